The summed E-state index contributed by atoms with van der Waals surface area (Å²) in [5.74, 6) is -3.61. The summed E-state index contributed by atoms with van der Waals surface area (Å²) in [6.45, 7) is 0.199. The van der Waals surface area contributed by atoms with Crippen LogP contribution in [0.25, 0.3) is 0 Å². The number of hydrogen-bond donors (Lipinski definition) is 2. The van der Waals surface area contributed by atoms with Gasteiger partial charge in [0.25, 0.3) is 11.8 Å². The van der Waals surface area contributed by atoms with Gasteiger partial charge in [-0.1, -0.05) is 0 Å². The van der Waals surface area contributed by atoms with Crippen LogP contribution >= 0.6 is 11.3 Å². The second-order valence-electron chi connectivity index (χ2n) is 2.99. The number of nitrogens with two attached hydrogens (primary N) is 1. The van der Waals surface area contributed by atoms with Gasteiger partial charge in [-0.25, -0.2) is 13.8 Å². The van der Waals surface area contributed by atoms with Crippen molar-refractivity contribution in [1.82, 2.24) is 10.3 Å². The zero-order chi connectivity index (χ0) is 11.5. The van der Waals surface area contributed by atoms with Crippen molar-refractivity contribution in [3.63, 3.8) is 0 Å². The number of hydrogen-bond acceptors (Lipinski definition) is 4. The Hall–Kier alpha value is -1.08. The van der Waals surface area contributed by atoms with E-state index in [1.165, 1.54) is 6.20 Å². The summed E-state index contributed by atoms with van der Waals surface area (Å²) >= 11 is 1.15. The van der Waals surface area contributed by atoms with Gasteiger partial charge in [0.2, 0.25) is 0 Å². The number of aryl methyl sites for hydroxylation is 1. The van der Waals surface area contributed by atoms with Gasteiger partial charge in [0.05, 0.1) is 24.3 Å². The van der Waals surface area contributed by atoms with Crippen LogP contribution in [0.2, 0.25) is 0 Å². The van der Waals surface area contributed by atoms with Gasteiger partial charge in [0.1, 0.15) is 4.88 Å². The van der Waals surface area contributed by atoms with E-state index in [1.54, 1.807) is 6.92 Å². The van der Waals surface area contributed by atoms with Crippen molar-refractivity contribution >= 4 is 17.2 Å². The van der Waals surface area contributed by atoms with Gasteiger partial charge < -0.3 is 11.1 Å². The molecule has 0 aromatic carbocycles. The first-order chi connectivity index (χ1) is 6.94. The smallest absolute Gasteiger partial charge is 0.277 e. The molecule has 0 radical (unpaired) electrons. The van der Waals surface area contributed by atoms with Crippen LogP contribution < -0.4 is 11.1 Å². The second kappa shape index (κ2) is 4.63. The Labute approximate surface area is 89.5 Å². The molecule has 7 heteroatoms. The Morgan fingerprint density at radius 1 is 1.73 bits per heavy atom. The topological polar surface area (TPSA) is 68.0 Å². The molecular weight excluding hydrogens is 224 g/mol. The van der Waals surface area contributed by atoms with E-state index in [0.717, 1.165) is 11.3 Å². The minimum absolute atomic E-state index is 0.320. The van der Waals surface area contributed by atoms with Crippen LogP contribution in [0.3, 0.4) is 0 Å². The molecule has 0 saturated carbocycles. The highest BCUT2D eigenvalue weighted by atomic mass is 32.1. The monoisotopic (exact) mass is 235 g/mol. The van der Waals surface area contributed by atoms with Crippen LogP contribution in [-0.2, 0) is 0 Å². The SMILES string of the molecule is Cc1ncc(C(=O)NCC(F)(F)CN)s1. The highest BCUT2D eigenvalue weighted by Crippen LogP contribution is 2.13. The van der Waals surface area contributed by atoms with E-state index in [-0.39, 0.29) is 0 Å². The maximum absolute atomic E-state index is 12.7. The number of nitrogens with zero attached hydrogens (tertiary/aromatic N) is 1. The maximum atomic E-state index is 12.7. The van der Waals surface area contributed by atoms with E-state index in [0.29, 0.717) is 9.88 Å². The van der Waals surface area contributed by atoms with Crippen molar-refractivity contribution in [2.24, 2.45) is 5.73 Å². The van der Waals surface area contributed by atoms with Crippen molar-refractivity contribution < 1.29 is 13.6 Å². The molecule has 0 saturated heterocycles. The molecular formula is C8H11F2N3OS. The third kappa shape index (κ3) is 3.52. The average molecular weight is 235 g/mol. The molecule has 0 bridgehead atoms. The third-order valence-corrected chi connectivity index (χ3v) is 2.56. The Balaban J connectivity index is 2.50. The Kier molecular flexibility index (Phi) is 3.70. The number of alkyl halides is 2. The molecule has 0 aliphatic rings. The van der Waals surface area contributed by atoms with Crippen LogP contribution in [0, 0.1) is 6.92 Å². The lowest BCUT2D eigenvalue weighted by Crippen LogP contribution is -2.41. The molecule has 3 N–H and O–H groups in total. The fourth-order valence-corrected chi connectivity index (χ4v) is 1.53. The summed E-state index contributed by atoms with van der Waals surface area (Å²) in [6, 6.07) is 0. The largest absolute Gasteiger partial charge is 0.345 e. The van der Waals surface area contributed by atoms with Crippen molar-refractivity contribution in [3.8, 4) is 0 Å². The minimum atomic E-state index is -3.06. The van der Waals surface area contributed by atoms with Gasteiger partial charge in [0.15, 0.2) is 0 Å². The van der Waals surface area contributed by atoms with Crippen molar-refractivity contribution in [3.05, 3.63) is 16.1 Å². The van der Waals surface area contributed by atoms with Gasteiger partial charge in [-0.2, -0.15) is 0 Å². The highest BCUT2D eigenvalue weighted by molar-refractivity contribution is 7.13. The normalized spacial score (nSPS) is 11.5. The molecule has 1 aromatic rings. The zero-order valence-corrected chi connectivity index (χ0v) is 8.91. The fourth-order valence-electron chi connectivity index (χ4n) is 0.835. The van der Waals surface area contributed by atoms with E-state index in [9.17, 15) is 13.6 Å². The molecule has 1 aromatic heterocycles. The summed E-state index contributed by atoms with van der Waals surface area (Å²) < 4.78 is 25.4. The van der Waals surface area contributed by atoms with Crippen molar-refractivity contribution in [2.75, 3.05) is 13.1 Å². The molecule has 1 amide bonds. The Morgan fingerprint density at radius 2 is 2.40 bits per heavy atom. The number of nitrogens with one attached hydrogen (secondary N) is 1. The first-order valence-electron chi connectivity index (χ1n) is 4.23. The first-order valence-corrected chi connectivity index (χ1v) is 5.05. The zero-order valence-electron chi connectivity index (χ0n) is 8.09. The van der Waals surface area contributed by atoms with Gasteiger partial charge >= 0.3 is 0 Å². The predicted molar refractivity (Wildman–Crippen MR) is 53.2 cm³/mol. The summed E-state index contributed by atoms with van der Waals surface area (Å²) in [5, 5.41) is 2.82. The number of carbonyl (C=O) groups excluding carboxylic acids is 1. The number of amides is 1. The number of carbonyl (C=O) groups is 1. The average Bonchev–Trinajstić information content (AvgIpc) is 2.61. The van der Waals surface area contributed by atoms with Crippen molar-refractivity contribution in [1.29, 1.82) is 0 Å². The summed E-state index contributed by atoms with van der Waals surface area (Å²) in [5.41, 5.74) is 4.82. The molecule has 15 heavy (non-hydrogen) atoms. The van der Waals surface area contributed by atoms with Gasteiger partial charge in [0, 0.05) is 0 Å². The van der Waals surface area contributed by atoms with E-state index in [1.807, 2.05) is 0 Å². The first kappa shape index (κ1) is 12.0. The maximum Gasteiger partial charge on any atom is 0.277 e. The van der Waals surface area contributed by atoms with Crippen molar-refractivity contribution in [2.45, 2.75) is 12.8 Å². The molecule has 0 aliphatic carbocycles. The number of halogens is 2. The van der Waals surface area contributed by atoms with Crippen LogP contribution in [0.1, 0.15) is 14.7 Å². The molecule has 0 unspecified atom stereocenters. The lowest BCUT2D eigenvalue weighted by atomic mass is 10.3. The van der Waals surface area contributed by atoms with E-state index in [2.05, 4.69) is 10.3 Å². The quantitative estimate of drug-likeness (QED) is 0.810. The molecule has 84 valence electrons. The Bertz CT molecular complexity index is 353. The van der Waals surface area contributed by atoms with E-state index in [4.69, 9.17) is 5.73 Å². The van der Waals surface area contributed by atoms with Crippen LogP contribution in [0.5, 0.6) is 0 Å². The highest BCUT2D eigenvalue weighted by Gasteiger charge is 2.27. The number of aromatic nitrogens is 1. The lowest BCUT2D eigenvalue weighted by molar-refractivity contribution is 0.0119. The standard InChI is InChI=1S/C8H11F2N3OS/c1-5-12-2-6(15-5)7(14)13-4-8(9,10)3-11/h2H,3-4,11H2,1H3,(H,13,14). The summed E-state index contributed by atoms with van der Waals surface area (Å²) in [7, 11) is 0. The summed E-state index contributed by atoms with van der Waals surface area (Å²) in [4.78, 5) is 15.5. The molecule has 4 nitrogen and oxygen atoms in total. The second-order valence-corrected chi connectivity index (χ2v) is 4.22. The Morgan fingerprint density at radius 3 is 2.87 bits per heavy atom. The molecule has 1 rings (SSSR count). The van der Waals surface area contributed by atoms with Crippen LogP contribution in [0.15, 0.2) is 6.20 Å². The minimum Gasteiger partial charge on any atom is -0.345 e. The van der Waals surface area contributed by atoms with Crippen LogP contribution in [0.4, 0.5) is 8.78 Å². The predicted octanol–water partition coefficient (Wildman–Crippen LogP) is 0.775. The van der Waals surface area contributed by atoms with E-state index < -0.39 is 24.9 Å². The third-order valence-electron chi connectivity index (χ3n) is 1.65. The number of thiazole rings is 1. The number of rotatable bonds is 4. The van der Waals surface area contributed by atoms with Crippen LogP contribution in [-0.4, -0.2) is 29.9 Å². The fraction of sp³-hybridized carbons (Fsp3) is 0.500. The summed E-state index contributed by atoms with van der Waals surface area (Å²) in [6.07, 6.45) is 1.36. The molecule has 0 fully saturated rings. The molecule has 0 aliphatic heterocycles. The molecule has 1 heterocycles. The van der Waals surface area contributed by atoms with Gasteiger partial charge in [-0.15, -0.1) is 11.3 Å². The lowest BCUT2D eigenvalue weighted by Gasteiger charge is -2.13. The molecule has 0 atom stereocenters. The van der Waals surface area contributed by atoms with E-state index >= 15 is 0 Å². The van der Waals surface area contributed by atoms with Gasteiger partial charge in [-0.3, -0.25) is 4.79 Å². The molecule has 0 spiro atoms. The van der Waals surface area contributed by atoms with Gasteiger partial charge in [-0.05, 0) is 6.92 Å².